The van der Waals surface area contributed by atoms with E-state index >= 15 is 0 Å². The Morgan fingerprint density at radius 3 is 2.61 bits per heavy atom. The summed E-state index contributed by atoms with van der Waals surface area (Å²) < 4.78 is 0.548. The van der Waals surface area contributed by atoms with Crippen LogP contribution in [-0.2, 0) is 4.79 Å². The fraction of sp³-hybridized carbons (Fsp3) is 0.435. The van der Waals surface area contributed by atoms with Crippen molar-refractivity contribution >= 4 is 57.5 Å². The Labute approximate surface area is 197 Å². The van der Waals surface area contributed by atoms with Gasteiger partial charge in [-0.05, 0) is 31.1 Å². The van der Waals surface area contributed by atoms with Gasteiger partial charge in [-0.2, -0.15) is 0 Å². The van der Waals surface area contributed by atoms with E-state index < -0.39 is 5.97 Å². The zero-order valence-corrected chi connectivity index (χ0v) is 20.4. The van der Waals surface area contributed by atoms with Crippen LogP contribution in [0.25, 0.3) is 5.57 Å². The number of carboxylic acid groups (broad SMARTS) is 1. The van der Waals surface area contributed by atoms with Crippen LogP contribution in [0.4, 0.5) is 0 Å². The van der Waals surface area contributed by atoms with E-state index in [1.807, 2.05) is 12.1 Å². The van der Waals surface area contributed by atoms with E-state index in [0.29, 0.717) is 26.9 Å². The number of carbonyl (C=O) groups is 2. The zero-order chi connectivity index (χ0) is 22.4. The maximum atomic E-state index is 13.4. The van der Waals surface area contributed by atoms with Gasteiger partial charge < -0.3 is 10.0 Å². The highest BCUT2D eigenvalue weighted by molar-refractivity contribution is 8.26. The molecule has 0 saturated carbocycles. The SMILES string of the molecule is CCCCCCN1C(=O)C(=C(C=C2SCCN2CC)c2ccccc2C(=O)O)SC1=S. The van der Waals surface area contributed by atoms with Crippen molar-refractivity contribution in [3.63, 3.8) is 0 Å². The summed E-state index contributed by atoms with van der Waals surface area (Å²) in [6.45, 7) is 6.67. The average Bonchev–Trinajstić information content (AvgIpc) is 3.33. The molecule has 1 N–H and O–H groups in total. The van der Waals surface area contributed by atoms with Crippen LogP contribution < -0.4 is 0 Å². The third-order valence-corrected chi connectivity index (χ3v) is 7.87. The molecule has 8 heteroatoms. The van der Waals surface area contributed by atoms with Gasteiger partial charge in [0.15, 0.2) is 0 Å². The summed E-state index contributed by atoms with van der Waals surface area (Å²) in [5.41, 5.74) is 1.39. The molecule has 2 fully saturated rings. The van der Waals surface area contributed by atoms with E-state index in [1.165, 1.54) is 11.8 Å². The number of thiocarbonyl (C=S) groups is 1. The minimum atomic E-state index is -1.01. The topological polar surface area (TPSA) is 60.9 Å². The molecule has 166 valence electrons. The third-order valence-electron chi connectivity index (χ3n) is 5.35. The molecule has 0 radical (unpaired) electrons. The number of benzene rings is 1. The fourth-order valence-electron chi connectivity index (χ4n) is 3.65. The second-order valence-electron chi connectivity index (χ2n) is 7.39. The molecule has 2 aliphatic rings. The molecule has 5 nitrogen and oxygen atoms in total. The van der Waals surface area contributed by atoms with Crippen molar-refractivity contribution in [3.8, 4) is 0 Å². The molecular formula is C23H28N2O3S3. The predicted molar refractivity (Wildman–Crippen MR) is 134 cm³/mol. The summed E-state index contributed by atoms with van der Waals surface area (Å²) in [5, 5.41) is 10.8. The van der Waals surface area contributed by atoms with Crippen molar-refractivity contribution in [3.05, 3.63) is 51.4 Å². The molecule has 0 atom stereocenters. The van der Waals surface area contributed by atoms with E-state index in [2.05, 4.69) is 18.7 Å². The number of rotatable bonds is 9. The molecule has 2 saturated heterocycles. The molecular weight excluding hydrogens is 448 g/mol. The van der Waals surface area contributed by atoms with Crippen molar-refractivity contribution in [2.24, 2.45) is 0 Å². The number of amides is 1. The van der Waals surface area contributed by atoms with Crippen molar-refractivity contribution in [2.45, 2.75) is 39.5 Å². The number of carbonyl (C=O) groups excluding carboxylic acids is 1. The Hall–Kier alpha value is -1.77. The molecule has 3 rings (SSSR count). The number of hydrogen-bond acceptors (Lipinski definition) is 6. The minimum absolute atomic E-state index is 0.121. The van der Waals surface area contributed by atoms with Crippen molar-refractivity contribution in [1.82, 2.24) is 9.80 Å². The highest BCUT2D eigenvalue weighted by atomic mass is 32.2. The summed E-state index contributed by atoms with van der Waals surface area (Å²) in [6.07, 6.45) is 6.22. The zero-order valence-electron chi connectivity index (χ0n) is 17.9. The molecule has 1 aromatic carbocycles. The van der Waals surface area contributed by atoms with Crippen LogP contribution in [0.3, 0.4) is 0 Å². The van der Waals surface area contributed by atoms with E-state index in [-0.39, 0.29) is 11.5 Å². The summed E-state index contributed by atoms with van der Waals surface area (Å²) in [6, 6.07) is 6.88. The van der Waals surface area contributed by atoms with E-state index in [9.17, 15) is 14.7 Å². The van der Waals surface area contributed by atoms with Crippen LogP contribution in [-0.4, -0.2) is 56.5 Å². The van der Waals surface area contributed by atoms with Gasteiger partial charge in [-0.3, -0.25) is 9.69 Å². The lowest BCUT2D eigenvalue weighted by atomic mass is 9.98. The Morgan fingerprint density at radius 1 is 1.19 bits per heavy atom. The number of nitrogens with zero attached hydrogens (tertiary/aromatic N) is 2. The number of allylic oxidation sites excluding steroid dienone is 2. The van der Waals surface area contributed by atoms with Crippen molar-refractivity contribution in [2.75, 3.05) is 25.4 Å². The molecule has 0 aromatic heterocycles. The molecule has 0 spiro atoms. The maximum Gasteiger partial charge on any atom is 0.336 e. The largest absolute Gasteiger partial charge is 0.478 e. The molecule has 2 heterocycles. The number of thioether (sulfide) groups is 2. The fourth-order valence-corrected chi connectivity index (χ4v) is 6.14. The van der Waals surface area contributed by atoms with Gasteiger partial charge in [-0.25, -0.2) is 4.79 Å². The lowest BCUT2D eigenvalue weighted by molar-refractivity contribution is -0.122. The van der Waals surface area contributed by atoms with Crippen LogP contribution in [0, 0.1) is 0 Å². The van der Waals surface area contributed by atoms with Crippen LogP contribution in [0.1, 0.15) is 55.5 Å². The van der Waals surface area contributed by atoms with Gasteiger partial charge >= 0.3 is 5.97 Å². The standard InChI is InChI=1S/C23H28N2O3S3/c1-3-5-6-9-12-25-21(26)20(31-23(25)29)18(15-19-24(4-2)13-14-30-19)16-10-7-8-11-17(16)22(27)28/h7-8,10-11,15H,3-6,9,12-14H2,1-2H3,(H,27,28). The van der Waals surface area contributed by atoms with Crippen molar-refractivity contribution in [1.29, 1.82) is 0 Å². The normalized spacial score (nSPS) is 19.6. The highest BCUT2D eigenvalue weighted by Crippen LogP contribution is 2.41. The number of carboxylic acids is 1. The average molecular weight is 477 g/mol. The van der Waals surface area contributed by atoms with Gasteiger partial charge in [0.25, 0.3) is 5.91 Å². The van der Waals surface area contributed by atoms with E-state index in [0.717, 1.165) is 49.6 Å². The third kappa shape index (κ3) is 5.54. The minimum Gasteiger partial charge on any atom is -0.478 e. The highest BCUT2D eigenvalue weighted by Gasteiger charge is 2.35. The first-order chi connectivity index (χ1) is 15.0. The number of aromatic carboxylic acids is 1. The van der Waals surface area contributed by atoms with Crippen LogP contribution in [0.5, 0.6) is 0 Å². The summed E-state index contributed by atoms with van der Waals surface area (Å²) >= 11 is 8.55. The van der Waals surface area contributed by atoms with Gasteiger partial charge in [0.1, 0.15) is 4.32 Å². The van der Waals surface area contributed by atoms with Gasteiger partial charge in [-0.1, -0.05) is 68.4 Å². The first kappa shape index (κ1) is 23.9. The van der Waals surface area contributed by atoms with Crippen molar-refractivity contribution < 1.29 is 14.7 Å². The van der Waals surface area contributed by atoms with Gasteiger partial charge in [0.05, 0.1) is 15.5 Å². The first-order valence-corrected chi connectivity index (χ1v) is 12.9. The molecule has 0 unspecified atom stereocenters. The van der Waals surface area contributed by atoms with Gasteiger partial charge in [-0.15, -0.1) is 11.8 Å². The molecule has 0 bridgehead atoms. The molecule has 2 aliphatic heterocycles. The number of hydrogen-bond donors (Lipinski definition) is 1. The Kier molecular flexibility index (Phi) is 8.63. The maximum absolute atomic E-state index is 13.4. The summed E-state index contributed by atoms with van der Waals surface area (Å²) in [7, 11) is 0. The molecule has 31 heavy (non-hydrogen) atoms. The second-order valence-corrected chi connectivity index (χ2v) is 10.1. The lowest BCUT2D eigenvalue weighted by Gasteiger charge is -2.18. The molecule has 1 amide bonds. The number of unbranched alkanes of at least 4 members (excludes halogenated alkanes) is 3. The van der Waals surface area contributed by atoms with Crippen LogP contribution in [0.15, 0.2) is 40.3 Å². The Balaban J connectivity index is 2.05. The second kappa shape index (κ2) is 11.2. The monoisotopic (exact) mass is 476 g/mol. The van der Waals surface area contributed by atoms with Crippen LogP contribution in [0.2, 0.25) is 0 Å². The molecule has 1 aromatic rings. The first-order valence-electron chi connectivity index (χ1n) is 10.7. The lowest BCUT2D eigenvalue weighted by Crippen LogP contribution is -2.29. The van der Waals surface area contributed by atoms with E-state index in [4.69, 9.17) is 12.2 Å². The quantitative estimate of drug-likeness (QED) is 0.289. The van der Waals surface area contributed by atoms with E-state index in [1.54, 1.807) is 34.9 Å². The Bertz CT molecular complexity index is 926. The summed E-state index contributed by atoms with van der Waals surface area (Å²) in [4.78, 5) is 29.7. The Morgan fingerprint density at radius 2 is 1.94 bits per heavy atom. The summed E-state index contributed by atoms with van der Waals surface area (Å²) in [5.74, 6) is -0.149. The molecule has 0 aliphatic carbocycles. The van der Waals surface area contributed by atoms with Crippen LogP contribution >= 0.6 is 35.7 Å². The van der Waals surface area contributed by atoms with Gasteiger partial charge in [0, 0.05) is 31.0 Å². The predicted octanol–water partition coefficient (Wildman–Crippen LogP) is 5.45. The van der Waals surface area contributed by atoms with Gasteiger partial charge in [0.2, 0.25) is 0 Å². The smallest absolute Gasteiger partial charge is 0.336 e.